The van der Waals surface area contributed by atoms with Crippen molar-refractivity contribution in [3.63, 3.8) is 0 Å². The summed E-state index contributed by atoms with van der Waals surface area (Å²) in [6.45, 7) is 4.75. The number of carboxylic acid groups (broad SMARTS) is 1. The Morgan fingerprint density at radius 3 is 2.60 bits per heavy atom. The highest BCUT2D eigenvalue weighted by Gasteiger charge is 2.44. The van der Waals surface area contributed by atoms with Crippen molar-refractivity contribution in [1.82, 2.24) is 4.90 Å². The van der Waals surface area contributed by atoms with Crippen LogP contribution in [-0.2, 0) is 16.0 Å². The molecule has 1 unspecified atom stereocenters. The van der Waals surface area contributed by atoms with Gasteiger partial charge >= 0.3 is 5.97 Å². The molecule has 1 aromatic carbocycles. The normalized spacial score (nSPS) is 22.0. The molecule has 1 amide bonds. The number of carbonyl (C=O) groups excluding carboxylic acids is 1. The first-order chi connectivity index (χ1) is 9.48. The summed E-state index contributed by atoms with van der Waals surface area (Å²) in [5.41, 5.74) is 1.36. The van der Waals surface area contributed by atoms with Gasteiger partial charge in [0.15, 0.2) is 0 Å². The number of benzene rings is 1. The van der Waals surface area contributed by atoms with Gasteiger partial charge in [-0.1, -0.05) is 31.2 Å². The third-order valence-corrected chi connectivity index (χ3v) is 4.44. The molecular weight excluding hydrogens is 254 g/mol. The highest BCUT2D eigenvalue weighted by Crippen LogP contribution is 2.34. The van der Waals surface area contributed by atoms with Gasteiger partial charge in [-0.05, 0) is 30.9 Å². The first kappa shape index (κ1) is 14.6. The summed E-state index contributed by atoms with van der Waals surface area (Å²) in [7, 11) is 0. The first-order valence-electron chi connectivity index (χ1n) is 7.04. The van der Waals surface area contributed by atoms with Gasteiger partial charge in [0.2, 0.25) is 5.91 Å². The molecule has 1 aliphatic rings. The zero-order chi connectivity index (χ0) is 14.8. The summed E-state index contributed by atoms with van der Waals surface area (Å²) in [4.78, 5) is 25.4. The van der Waals surface area contributed by atoms with Gasteiger partial charge in [0, 0.05) is 13.1 Å². The Morgan fingerprint density at radius 2 is 2.05 bits per heavy atom. The van der Waals surface area contributed by atoms with E-state index < -0.39 is 11.4 Å². The molecule has 1 aliphatic heterocycles. The molecule has 20 heavy (non-hydrogen) atoms. The van der Waals surface area contributed by atoms with Gasteiger partial charge in [-0.25, -0.2) is 0 Å². The van der Waals surface area contributed by atoms with Crippen molar-refractivity contribution in [2.75, 3.05) is 13.1 Å². The van der Waals surface area contributed by atoms with Crippen LogP contribution < -0.4 is 0 Å². The summed E-state index contributed by atoms with van der Waals surface area (Å²) in [5, 5.41) is 9.36. The minimum atomic E-state index is -0.786. The lowest BCUT2D eigenvalue weighted by Gasteiger charge is -2.23. The molecule has 0 radical (unpaired) electrons. The molecule has 0 saturated carbocycles. The lowest BCUT2D eigenvalue weighted by molar-refractivity contribution is -0.148. The van der Waals surface area contributed by atoms with E-state index in [0.29, 0.717) is 32.4 Å². The summed E-state index contributed by atoms with van der Waals surface area (Å²) in [6.07, 6.45) is 1.47. The van der Waals surface area contributed by atoms with Crippen LogP contribution in [0.4, 0.5) is 0 Å². The molecule has 0 bridgehead atoms. The molecule has 0 aromatic heterocycles. The predicted molar refractivity (Wildman–Crippen MR) is 76.4 cm³/mol. The fourth-order valence-corrected chi connectivity index (χ4v) is 2.78. The summed E-state index contributed by atoms with van der Waals surface area (Å²) in [5.74, 6) is -0.762. The van der Waals surface area contributed by atoms with Gasteiger partial charge in [0.05, 0.1) is 11.8 Å². The first-order valence-corrected chi connectivity index (χ1v) is 7.04. The van der Waals surface area contributed by atoms with E-state index in [2.05, 4.69) is 0 Å². The zero-order valence-corrected chi connectivity index (χ0v) is 12.1. The van der Waals surface area contributed by atoms with Crippen molar-refractivity contribution in [3.8, 4) is 0 Å². The minimum Gasteiger partial charge on any atom is -0.481 e. The van der Waals surface area contributed by atoms with Crippen molar-refractivity contribution in [3.05, 3.63) is 35.4 Å². The van der Waals surface area contributed by atoms with Crippen LogP contribution in [0.25, 0.3) is 0 Å². The second kappa shape index (κ2) is 5.65. The summed E-state index contributed by atoms with van der Waals surface area (Å²) < 4.78 is 0. The molecule has 1 fully saturated rings. The highest BCUT2D eigenvalue weighted by molar-refractivity contribution is 5.82. The number of carbonyl (C=O) groups is 2. The van der Waals surface area contributed by atoms with Gasteiger partial charge in [-0.3, -0.25) is 9.59 Å². The van der Waals surface area contributed by atoms with Crippen LogP contribution in [0.1, 0.15) is 30.9 Å². The van der Waals surface area contributed by atoms with E-state index in [1.807, 2.05) is 38.1 Å². The average molecular weight is 275 g/mol. The Kier molecular flexibility index (Phi) is 4.12. The Morgan fingerprint density at radius 1 is 1.35 bits per heavy atom. The number of amides is 1. The van der Waals surface area contributed by atoms with Crippen LogP contribution in [0, 0.1) is 12.3 Å². The van der Waals surface area contributed by atoms with Crippen molar-refractivity contribution in [1.29, 1.82) is 0 Å². The van der Waals surface area contributed by atoms with E-state index in [0.717, 1.165) is 11.1 Å². The molecule has 4 heteroatoms. The molecule has 1 aromatic rings. The number of carboxylic acids is 1. The maximum atomic E-state index is 12.3. The van der Waals surface area contributed by atoms with Crippen LogP contribution in [0.3, 0.4) is 0 Å². The monoisotopic (exact) mass is 275 g/mol. The SMILES string of the molecule is CCC1(C(=O)O)CCN(C(=O)Cc2ccccc2C)C1. The summed E-state index contributed by atoms with van der Waals surface area (Å²) in [6, 6.07) is 7.81. The second-order valence-corrected chi connectivity index (χ2v) is 5.61. The van der Waals surface area contributed by atoms with E-state index in [1.54, 1.807) is 4.90 Å². The number of likely N-dealkylation sites (tertiary alicyclic amines) is 1. The van der Waals surface area contributed by atoms with Gasteiger partial charge < -0.3 is 10.0 Å². The van der Waals surface area contributed by atoms with E-state index >= 15 is 0 Å². The number of aryl methyl sites for hydroxylation is 1. The Labute approximate surface area is 119 Å². The standard InChI is InChI=1S/C16H21NO3/c1-3-16(15(19)20)8-9-17(11-16)14(18)10-13-7-5-4-6-12(13)2/h4-7H,3,8-11H2,1-2H3,(H,19,20). The molecular formula is C16H21NO3. The van der Waals surface area contributed by atoms with Crippen LogP contribution in [0.5, 0.6) is 0 Å². The maximum absolute atomic E-state index is 12.3. The molecule has 0 aliphatic carbocycles. The maximum Gasteiger partial charge on any atom is 0.311 e. The molecule has 0 spiro atoms. The number of rotatable bonds is 4. The molecule has 1 heterocycles. The fourth-order valence-electron chi connectivity index (χ4n) is 2.78. The van der Waals surface area contributed by atoms with Crippen molar-refractivity contribution in [2.45, 2.75) is 33.1 Å². The van der Waals surface area contributed by atoms with Crippen LogP contribution in [0.15, 0.2) is 24.3 Å². The van der Waals surface area contributed by atoms with E-state index in [1.165, 1.54) is 0 Å². The molecule has 2 rings (SSSR count). The van der Waals surface area contributed by atoms with E-state index in [9.17, 15) is 14.7 Å². The largest absolute Gasteiger partial charge is 0.481 e. The number of hydrogen-bond acceptors (Lipinski definition) is 2. The molecule has 1 saturated heterocycles. The second-order valence-electron chi connectivity index (χ2n) is 5.61. The third-order valence-electron chi connectivity index (χ3n) is 4.44. The topological polar surface area (TPSA) is 57.6 Å². The fraction of sp³-hybridized carbons (Fsp3) is 0.500. The minimum absolute atomic E-state index is 0.0240. The Balaban J connectivity index is 2.05. The van der Waals surface area contributed by atoms with Crippen molar-refractivity contribution in [2.24, 2.45) is 5.41 Å². The van der Waals surface area contributed by atoms with Crippen molar-refractivity contribution >= 4 is 11.9 Å². The highest BCUT2D eigenvalue weighted by atomic mass is 16.4. The average Bonchev–Trinajstić information content (AvgIpc) is 2.87. The van der Waals surface area contributed by atoms with Crippen LogP contribution in [0.2, 0.25) is 0 Å². The zero-order valence-electron chi connectivity index (χ0n) is 12.1. The number of aliphatic carboxylic acids is 1. The Hall–Kier alpha value is -1.84. The lowest BCUT2D eigenvalue weighted by atomic mass is 9.84. The Bertz CT molecular complexity index is 526. The van der Waals surface area contributed by atoms with Crippen molar-refractivity contribution < 1.29 is 14.7 Å². The van der Waals surface area contributed by atoms with Gasteiger partial charge in [0.1, 0.15) is 0 Å². The predicted octanol–water partition coefficient (Wildman–Crippen LogP) is 2.25. The van der Waals surface area contributed by atoms with E-state index in [-0.39, 0.29) is 5.91 Å². The molecule has 1 N–H and O–H groups in total. The van der Waals surface area contributed by atoms with Gasteiger partial charge in [0.25, 0.3) is 0 Å². The number of nitrogens with zero attached hydrogens (tertiary/aromatic N) is 1. The molecule has 108 valence electrons. The van der Waals surface area contributed by atoms with Gasteiger partial charge in [-0.2, -0.15) is 0 Å². The van der Waals surface area contributed by atoms with E-state index in [4.69, 9.17) is 0 Å². The number of hydrogen-bond donors (Lipinski definition) is 1. The molecule has 4 nitrogen and oxygen atoms in total. The lowest BCUT2D eigenvalue weighted by Crippen LogP contribution is -2.37. The smallest absolute Gasteiger partial charge is 0.311 e. The third kappa shape index (κ3) is 2.69. The molecule has 1 atom stereocenters. The quantitative estimate of drug-likeness (QED) is 0.917. The summed E-state index contributed by atoms with van der Waals surface area (Å²) >= 11 is 0. The van der Waals surface area contributed by atoms with Crippen LogP contribution in [-0.4, -0.2) is 35.0 Å². The van der Waals surface area contributed by atoms with Crippen LogP contribution >= 0.6 is 0 Å². The van der Waals surface area contributed by atoms with Gasteiger partial charge in [-0.15, -0.1) is 0 Å².